The zero-order valence-electron chi connectivity index (χ0n) is 13.6. The number of aromatic nitrogens is 3. The number of nitrogens with zero attached hydrogens (tertiary/aromatic N) is 5. The summed E-state index contributed by atoms with van der Waals surface area (Å²) in [6, 6.07) is 6.15. The van der Waals surface area contributed by atoms with Crippen molar-refractivity contribution in [3.05, 3.63) is 35.5 Å². The molecule has 138 valence electrons. The molecule has 26 heavy (non-hydrogen) atoms. The monoisotopic (exact) mass is 385 g/mol. The minimum absolute atomic E-state index is 0.0228. The zero-order valence-corrected chi connectivity index (χ0v) is 14.4. The molecule has 1 aromatic heterocycles. The summed E-state index contributed by atoms with van der Waals surface area (Å²) in [5.74, 6) is -0.0263. The van der Waals surface area contributed by atoms with Crippen LogP contribution in [0.3, 0.4) is 0 Å². The Morgan fingerprint density at radius 3 is 2.58 bits per heavy atom. The van der Waals surface area contributed by atoms with Crippen molar-refractivity contribution in [2.24, 2.45) is 0 Å². The molecule has 0 N–H and O–H groups in total. The van der Waals surface area contributed by atoms with E-state index in [9.17, 15) is 26.9 Å². The molecular weight excluding hydrogens is 371 g/mol. The van der Waals surface area contributed by atoms with E-state index in [1.54, 1.807) is 13.1 Å². The molecule has 0 aliphatic carbocycles. The number of anilines is 1. The lowest BCUT2D eigenvalue weighted by Crippen LogP contribution is -2.33. The van der Waals surface area contributed by atoms with Crippen LogP contribution in [0.25, 0.3) is 5.69 Å². The number of alkyl halides is 3. The second kappa shape index (κ2) is 6.28. The second-order valence-electron chi connectivity index (χ2n) is 5.96. The van der Waals surface area contributed by atoms with Crippen molar-refractivity contribution in [3.63, 3.8) is 0 Å². The molecule has 1 aliphatic rings. The Bertz CT molecular complexity index is 978. The number of hydrogen-bond donors (Lipinski definition) is 0. The Morgan fingerprint density at radius 2 is 2.00 bits per heavy atom. The van der Waals surface area contributed by atoms with E-state index < -0.39 is 27.6 Å². The molecule has 1 aliphatic heterocycles. The summed E-state index contributed by atoms with van der Waals surface area (Å²) in [4.78, 5) is 2.25. The maximum atomic E-state index is 13.2. The number of rotatable bonds is 3. The van der Waals surface area contributed by atoms with Gasteiger partial charge in [-0.2, -0.15) is 18.4 Å². The summed E-state index contributed by atoms with van der Waals surface area (Å²) in [5, 5.41) is 17.2. The summed E-state index contributed by atoms with van der Waals surface area (Å²) in [6.45, 7) is 0. The third-order valence-corrected chi connectivity index (χ3v) is 5.97. The molecule has 2 aromatic rings. The number of nitriles is 1. The molecule has 1 fully saturated rings. The molecule has 1 atom stereocenters. The normalized spacial score (nSPS) is 19.3. The Hall–Kier alpha value is -2.61. The van der Waals surface area contributed by atoms with E-state index in [2.05, 4.69) is 10.2 Å². The fourth-order valence-electron chi connectivity index (χ4n) is 2.86. The topological polar surface area (TPSA) is 91.9 Å². The van der Waals surface area contributed by atoms with Crippen LogP contribution < -0.4 is 4.90 Å². The molecule has 0 radical (unpaired) electrons. The molecule has 2 heterocycles. The first-order valence-electron chi connectivity index (χ1n) is 7.59. The average Bonchev–Trinajstić information content (AvgIpc) is 3.16. The van der Waals surface area contributed by atoms with Gasteiger partial charge in [0.05, 0.1) is 22.8 Å². The highest BCUT2D eigenvalue weighted by molar-refractivity contribution is 7.91. The molecule has 0 saturated carbocycles. The maximum Gasteiger partial charge on any atom is 0.418 e. The van der Waals surface area contributed by atoms with E-state index in [0.29, 0.717) is 6.42 Å². The lowest BCUT2D eigenvalue weighted by molar-refractivity contribution is -0.137. The number of halogens is 3. The molecule has 3 rings (SSSR count). The van der Waals surface area contributed by atoms with E-state index in [0.717, 1.165) is 10.9 Å². The lowest BCUT2D eigenvalue weighted by Gasteiger charge is -2.22. The van der Waals surface area contributed by atoms with Crippen molar-refractivity contribution in [3.8, 4) is 11.8 Å². The van der Waals surface area contributed by atoms with Gasteiger partial charge in [-0.05, 0) is 18.6 Å². The Kier molecular flexibility index (Phi) is 4.39. The summed E-state index contributed by atoms with van der Waals surface area (Å²) < 4.78 is 62.9. The van der Waals surface area contributed by atoms with Crippen LogP contribution in [0.15, 0.2) is 24.3 Å². The molecule has 11 heteroatoms. The Balaban J connectivity index is 2.03. The van der Waals surface area contributed by atoms with Crippen LogP contribution >= 0.6 is 0 Å². The highest BCUT2D eigenvalue weighted by Gasteiger charge is 2.36. The van der Waals surface area contributed by atoms with Crippen LogP contribution in [0.2, 0.25) is 0 Å². The summed E-state index contributed by atoms with van der Waals surface area (Å²) in [6.07, 6.45) is -4.25. The van der Waals surface area contributed by atoms with Crippen molar-refractivity contribution in [1.82, 2.24) is 15.0 Å². The Morgan fingerprint density at radius 1 is 1.31 bits per heavy atom. The first-order chi connectivity index (χ1) is 12.1. The third-order valence-electron chi connectivity index (χ3n) is 4.22. The molecule has 1 saturated heterocycles. The van der Waals surface area contributed by atoms with Crippen LogP contribution in [0, 0.1) is 11.3 Å². The van der Waals surface area contributed by atoms with Gasteiger partial charge in [-0.3, -0.25) is 0 Å². The maximum absolute atomic E-state index is 13.2. The summed E-state index contributed by atoms with van der Waals surface area (Å²) in [7, 11) is -1.62. The quantitative estimate of drug-likeness (QED) is 0.800. The van der Waals surface area contributed by atoms with Crippen LogP contribution in [0.5, 0.6) is 0 Å². The third kappa shape index (κ3) is 3.37. The van der Waals surface area contributed by atoms with E-state index in [4.69, 9.17) is 0 Å². The Labute approximate surface area is 147 Å². The largest absolute Gasteiger partial charge is 0.418 e. The van der Waals surface area contributed by atoms with Crippen molar-refractivity contribution < 1.29 is 21.6 Å². The van der Waals surface area contributed by atoms with Crippen molar-refractivity contribution in [1.29, 1.82) is 5.26 Å². The van der Waals surface area contributed by atoms with Gasteiger partial charge in [-0.25, -0.2) is 8.42 Å². The SMILES string of the molecule is CN(c1nn(-c2ccccc2C(F)(F)F)nc1C#N)C1CCS(=O)(=O)C1. The van der Waals surface area contributed by atoms with Gasteiger partial charge in [0.1, 0.15) is 6.07 Å². The van der Waals surface area contributed by atoms with E-state index in [1.165, 1.54) is 23.1 Å². The molecule has 7 nitrogen and oxygen atoms in total. The van der Waals surface area contributed by atoms with Gasteiger partial charge in [0, 0.05) is 13.1 Å². The summed E-state index contributed by atoms with van der Waals surface area (Å²) >= 11 is 0. The van der Waals surface area contributed by atoms with Crippen molar-refractivity contribution >= 4 is 15.7 Å². The van der Waals surface area contributed by atoms with Gasteiger partial charge < -0.3 is 4.90 Å². The summed E-state index contributed by atoms with van der Waals surface area (Å²) in [5.41, 5.74) is -1.42. The van der Waals surface area contributed by atoms with Gasteiger partial charge in [0.25, 0.3) is 0 Å². The minimum atomic E-state index is -4.61. The smallest absolute Gasteiger partial charge is 0.352 e. The van der Waals surface area contributed by atoms with E-state index >= 15 is 0 Å². The van der Waals surface area contributed by atoms with Crippen molar-refractivity contribution in [2.75, 3.05) is 23.5 Å². The van der Waals surface area contributed by atoms with Crippen LogP contribution in [-0.4, -0.2) is 48.0 Å². The highest BCUT2D eigenvalue weighted by atomic mass is 32.2. The second-order valence-corrected chi connectivity index (χ2v) is 8.18. The van der Waals surface area contributed by atoms with Gasteiger partial charge in [0.2, 0.25) is 5.69 Å². The molecule has 0 bridgehead atoms. The fraction of sp³-hybridized carbons (Fsp3) is 0.400. The number of benzene rings is 1. The fourth-order valence-corrected chi connectivity index (χ4v) is 4.63. The molecule has 1 aromatic carbocycles. The van der Waals surface area contributed by atoms with Crippen LogP contribution in [0.1, 0.15) is 17.7 Å². The van der Waals surface area contributed by atoms with Gasteiger partial charge in [-0.15, -0.1) is 15.0 Å². The van der Waals surface area contributed by atoms with Crippen LogP contribution in [-0.2, 0) is 16.0 Å². The van der Waals surface area contributed by atoms with Gasteiger partial charge in [0.15, 0.2) is 15.7 Å². The van der Waals surface area contributed by atoms with Gasteiger partial charge >= 0.3 is 6.18 Å². The highest BCUT2D eigenvalue weighted by Crippen LogP contribution is 2.34. The standard InChI is InChI=1S/C15H14F3N5O2S/c1-22(10-6-7-26(24,25)9-10)14-12(8-19)20-23(21-14)13-5-3-2-4-11(13)15(16,17)18/h2-5,10H,6-7,9H2,1H3. The number of hydrogen-bond acceptors (Lipinski definition) is 6. The number of sulfone groups is 1. The molecular formula is C15H14F3N5O2S. The molecule has 0 amide bonds. The molecule has 0 spiro atoms. The van der Waals surface area contributed by atoms with Crippen LogP contribution in [0.4, 0.5) is 19.0 Å². The van der Waals surface area contributed by atoms with E-state index in [-0.39, 0.29) is 28.7 Å². The first-order valence-corrected chi connectivity index (χ1v) is 9.42. The number of para-hydroxylation sites is 1. The first kappa shape index (κ1) is 18.2. The predicted octanol–water partition coefficient (Wildman–Crippen LogP) is 1.78. The lowest BCUT2D eigenvalue weighted by atomic mass is 10.2. The average molecular weight is 385 g/mol. The zero-order chi connectivity index (χ0) is 19.1. The van der Waals surface area contributed by atoms with Gasteiger partial charge in [-0.1, -0.05) is 12.1 Å². The predicted molar refractivity (Wildman–Crippen MR) is 86.5 cm³/mol. The van der Waals surface area contributed by atoms with Crippen molar-refractivity contribution in [2.45, 2.75) is 18.6 Å². The van der Waals surface area contributed by atoms with E-state index in [1.807, 2.05) is 0 Å². The molecule has 1 unspecified atom stereocenters. The minimum Gasteiger partial charge on any atom is -0.352 e.